The van der Waals surface area contributed by atoms with Crippen molar-refractivity contribution in [1.82, 2.24) is 4.90 Å². The molecular formula is C13H23NO5. The molecule has 19 heavy (non-hydrogen) atoms. The highest BCUT2D eigenvalue weighted by Crippen LogP contribution is 2.22. The van der Waals surface area contributed by atoms with E-state index < -0.39 is 11.9 Å². The molecular weight excluding hydrogens is 250 g/mol. The molecule has 0 radical (unpaired) electrons. The molecule has 1 amide bonds. The van der Waals surface area contributed by atoms with Crippen LogP contribution in [0.15, 0.2) is 0 Å². The largest absolute Gasteiger partial charge is 0.481 e. The van der Waals surface area contributed by atoms with Crippen LogP contribution in [-0.4, -0.2) is 61.9 Å². The topological polar surface area (TPSA) is 76.1 Å². The van der Waals surface area contributed by atoms with Gasteiger partial charge in [0.15, 0.2) is 0 Å². The fraction of sp³-hybridized carbons (Fsp3) is 0.846. The SMILES string of the molecule is COCCOCCC(=O)N1CC(C)CC(C(=O)O)C1. The number of nitrogens with zero attached hydrogens (tertiary/aromatic N) is 1. The number of hydrogen-bond acceptors (Lipinski definition) is 4. The third kappa shape index (κ3) is 5.57. The molecule has 1 heterocycles. The van der Waals surface area contributed by atoms with Crippen LogP contribution in [0.2, 0.25) is 0 Å². The average molecular weight is 273 g/mol. The Bertz CT molecular complexity index is 307. The molecule has 0 aromatic carbocycles. The van der Waals surface area contributed by atoms with Crippen molar-refractivity contribution in [2.45, 2.75) is 19.8 Å². The maximum atomic E-state index is 12.0. The average Bonchev–Trinajstić information content (AvgIpc) is 2.37. The fourth-order valence-corrected chi connectivity index (χ4v) is 2.30. The molecule has 0 bridgehead atoms. The number of hydrogen-bond donors (Lipinski definition) is 1. The van der Waals surface area contributed by atoms with Crippen LogP contribution in [0.4, 0.5) is 0 Å². The number of piperidine rings is 1. The summed E-state index contributed by atoms with van der Waals surface area (Å²) in [6.45, 7) is 4.26. The molecule has 0 spiro atoms. The number of amides is 1. The highest BCUT2D eigenvalue weighted by atomic mass is 16.5. The lowest BCUT2D eigenvalue weighted by atomic mass is 9.90. The van der Waals surface area contributed by atoms with Crippen molar-refractivity contribution in [2.75, 3.05) is 40.0 Å². The number of rotatable bonds is 7. The molecule has 6 nitrogen and oxygen atoms in total. The molecule has 0 saturated carbocycles. The Balaban J connectivity index is 2.32. The molecule has 2 unspecified atom stereocenters. The third-order valence-electron chi connectivity index (χ3n) is 3.25. The first kappa shape index (κ1) is 15.9. The summed E-state index contributed by atoms with van der Waals surface area (Å²) < 4.78 is 10.1. The van der Waals surface area contributed by atoms with Gasteiger partial charge in [0, 0.05) is 20.2 Å². The molecule has 0 aromatic rings. The minimum Gasteiger partial charge on any atom is -0.481 e. The second-order valence-electron chi connectivity index (χ2n) is 5.03. The van der Waals surface area contributed by atoms with Crippen LogP contribution in [0.5, 0.6) is 0 Å². The van der Waals surface area contributed by atoms with Crippen molar-refractivity contribution in [2.24, 2.45) is 11.8 Å². The molecule has 1 fully saturated rings. The molecule has 1 aliphatic heterocycles. The van der Waals surface area contributed by atoms with Gasteiger partial charge in [0.25, 0.3) is 0 Å². The van der Waals surface area contributed by atoms with Crippen LogP contribution in [0.1, 0.15) is 19.8 Å². The first-order valence-electron chi connectivity index (χ1n) is 6.61. The summed E-state index contributed by atoms with van der Waals surface area (Å²) in [5.74, 6) is -1.06. The van der Waals surface area contributed by atoms with Crippen LogP contribution >= 0.6 is 0 Å². The zero-order valence-electron chi connectivity index (χ0n) is 11.6. The van der Waals surface area contributed by atoms with E-state index in [4.69, 9.17) is 14.6 Å². The molecule has 110 valence electrons. The van der Waals surface area contributed by atoms with Crippen molar-refractivity contribution < 1.29 is 24.2 Å². The van der Waals surface area contributed by atoms with Gasteiger partial charge in [0.2, 0.25) is 5.91 Å². The Morgan fingerprint density at radius 1 is 1.26 bits per heavy atom. The minimum atomic E-state index is -0.819. The van der Waals surface area contributed by atoms with E-state index in [1.165, 1.54) is 0 Å². The normalized spacial score (nSPS) is 23.4. The predicted octanol–water partition coefficient (Wildman–Crippen LogP) is 0.609. The van der Waals surface area contributed by atoms with Crippen LogP contribution in [-0.2, 0) is 19.1 Å². The Morgan fingerprint density at radius 3 is 2.63 bits per heavy atom. The van der Waals surface area contributed by atoms with Crippen molar-refractivity contribution in [3.8, 4) is 0 Å². The Hall–Kier alpha value is -1.14. The number of carboxylic acid groups (broad SMARTS) is 1. The van der Waals surface area contributed by atoms with Crippen LogP contribution in [0.25, 0.3) is 0 Å². The first-order valence-corrected chi connectivity index (χ1v) is 6.61. The van der Waals surface area contributed by atoms with E-state index in [0.717, 1.165) is 0 Å². The zero-order valence-corrected chi connectivity index (χ0v) is 11.6. The van der Waals surface area contributed by atoms with Gasteiger partial charge < -0.3 is 19.5 Å². The number of likely N-dealkylation sites (tertiary alicyclic amines) is 1. The van der Waals surface area contributed by atoms with Gasteiger partial charge in [-0.15, -0.1) is 0 Å². The smallest absolute Gasteiger partial charge is 0.308 e. The van der Waals surface area contributed by atoms with Gasteiger partial charge in [0.05, 0.1) is 32.2 Å². The summed E-state index contributed by atoms with van der Waals surface area (Å²) in [6.07, 6.45) is 0.937. The summed E-state index contributed by atoms with van der Waals surface area (Å²) in [6, 6.07) is 0. The molecule has 1 saturated heterocycles. The maximum absolute atomic E-state index is 12.0. The number of methoxy groups -OCH3 is 1. The Labute approximate surface area is 113 Å². The number of carbonyl (C=O) groups is 2. The van der Waals surface area contributed by atoms with Gasteiger partial charge >= 0.3 is 5.97 Å². The fourth-order valence-electron chi connectivity index (χ4n) is 2.30. The number of carbonyl (C=O) groups excluding carboxylic acids is 1. The van der Waals surface area contributed by atoms with Crippen molar-refractivity contribution in [1.29, 1.82) is 0 Å². The molecule has 0 aromatic heterocycles. The summed E-state index contributed by atoms with van der Waals surface area (Å²) in [7, 11) is 1.59. The second kappa shape index (κ2) is 8.12. The van der Waals surface area contributed by atoms with E-state index in [1.54, 1.807) is 12.0 Å². The number of aliphatic carboxylic acids is 1. The number of ether oxygens (including phenoxy) is 2. The van der Waals surface area contributed by atoms with E-state index in [-0.39, 0.29) is 11.8 Å². The van der Waals surface area contributed by atoms with Gasteiger partial charge in [-0.25, -0.2) is 0 Å². The first-order chi connectivity index (χ1) is 9.04. The van der Waals surface area contributed by atoms with Gasteiger partial charge in [-0.2, -0.15) is 0 Å². The van der Waals surface area contributed by atoms with Crippen molar-refractivity contribution >= 4 is 11.9 Å². The Kier molecular flexibility index (Phi) is 6.80. The Morgan fingerprint density at radius 2 is 2.00 bits per heavy atom. The summed E-state index contributed by atoms with van der Waals surface area (Å²) in [5, 5.41) is 9.05. The molecule has 0 aliphatic carbocycles. The van der Waals surface area contributed by atoms with Crippen LogP contribution < -0.4 is 0 Å². The summed E-state index contributed by atoms with van der Waals surface area (Å²) >= 11 is 0. The minimum absolute atomic E-state index is 0.0322. The van der Waals surface area contributed by atoms with Gasteiger partial charge in [-0.05, 0) is 12.3 Å². The van der Waals surface area contributed by atoms with E-state index in [9.17, 15) is 9.59 Å². The van der Waals surface area contributed by atoms with E-state index >= 15 is 0 Å². The summed E-state index contributed by atoms with van der Waals surface area (Å²) in [5.41, 5.74) is 0. The van der Waals surface area contributed by atoms with Gasteiger partial charge in [-0.1, -0.05) is 6.92 Å². The molecule has 2 atom stereocenters. The quantitative estimate of drug-likeness (QED) is 0.688. The monoisotopic (exact) mass is 273 g/mol. The van der Waals surface area contributed by atoms with Gasteiger partial charge in [-0.3, -0.25) is 9.59 Å². The standard InChI is InChI=1S/C13H23NO5/c1-10-7-11(13(16)17)9-14(8-10)12(15)3-4-19-6-5-18-2/h10-11H,3-9H2,1-2H3,(H,16,17). The van der Waals surface area contributed by atoms with E-state index in [0.29, 0.717) is 45.8 Å². The van der Waals surface area contributed by atoms with Crippen LogP contribution in [0.3, 0.4) is 0 Å². The van der Waals surface area contributed by atoms with Crippen LogP contribution in [0, 0.1) is 11.8 Å². The lowest BCUT2D eigenvalue weighted by molar-refractivity contribution is -0.147. The lowest BCUT2D eigenvalue weighted by Crippen LogP contribution is -2.45. The van der Waals surface area contributed by atoms with Crippen molar-refractivity contribution in [3.63, 3.8) is 0 Å². The van der Waals surface area contributed by atoms with E-state index in [2.05, 4.69) is 0 Å². The van der Waals surface area contributed by atoms with Gasteiger partial charge in [0.1, 0.15) is 0 Å². The van der Waals surface area contributed by atoms with E-state index in [1.807, 2.05) is 6.92 Å². The number of carboxylic acids is 1. The molecule has 6 heteroatoms. The predicted molar refractivity (Wildman–Crippen MR) is 68.8 cm³/mol. The molecule has 1 rings (SSSR count). The molecule has 1 aliphatic rings. The molecule has 1 N–H and O–H groups in total. The third-order valence-corrected chi connectivity index (χ3v) is 3.25. The van der Waals surface area contributed by atoms with Crippen molar-refractivity contribution in [3.05, 3.63) is 0 Å². The maximum Gasteiger partial charge on any atom is 0.308 e. The highest BCUT2D eigenvalue weighted by Gasteiger charge is 2.31. The lowest BCUT2D eigenvalue weighted by Gasteiger charge is -2.34. The second-order valence-corrected chi connectivity index (χ2v) is 5.03. The highest BCUT2D eigenvalue weighted by molar-refractivity contribution is 5.78. The summed E-state index contributed by atoms with van der Waals surface area (Å²) in [4.78, 5) is 24.6. The zero-order chi connectivity index (χ0) is 14.3.